The second-order valence-electron chi connectivity index (χ2n) is 3.02. The Morgan fingerprint density at radius 1 is 0.786 bits per heavy atom. The predicted octanol–water partition coefficient (Wildman–Crippen LogP) is 0.563. The van der Waals surface area contributed by atoms with Crippen molar-refractivity contribution < 1.29 is 23.9 Å². The van der Waals surface area contributed by atoms with Gasteiger partial charge in [0.05, 0.1) is 6.61 Å². The first kappa shape index (κ1) is 10.7. The summed E-state index contributed by atoms with van der Waals surface area (Å²) in [6.07, 6.45) is 2.98. The molecule has 0 spiro atoms. The summed E-state index contributed by atoms with van der Waals surface area (Å²) in [5.74, 6) is -0.822. The fourth-order valence-electron chi connectivity index (χ4n) is 1.08. The maximum atomic E-state index is 10.2. The molecule has 0 atom stereocenters. The van der Waals surface area contributed by atoms with E-state index in [4.69, 9.17) is 0 Å². The Labute approximate surface area is 81.4 Å². The van der Waals surface area contributed by atoms with Gasteiger partial charge >= 0.3 is 17.9 Å². The van der Waals surface area contributed by atoms with E-state index in [1.165, 1.54) is 0 Å². The molecule has 2 aliphatic rings. The van der Waals surface area contributed by atoms with Gasteiger partial charge in [-0.05, 0) is 12.8 Å². The van der Waals surface area contributed by atoms with Crippen molar-refractivity contribution in [3.8, 4) is 0 Å². The molecule has 5 heteroatoms. The van der Waals surface area contributed by atoms with Gasteiger partial charge in [0.2, 0.25) is 0 Å². The van der Waals surface area contributed by atoms with Crippen molar-refractivity contribution in [2.75, 3.05) is 6.61 Å². The zero-order valence-electron chi connectivity index (χ0n) is 7.78. The fraction of sp³-hybridized carbons (Fsp3) is 0.667. The van der Waals surface area contributed by atoms with Crippen LogP contribution >= 0.6 is 0 Å². The molecule has 14 heavy (non-hydrogen) atoms. The van der Waals surface area contributed by atoms with Crippen LogP contribution in [0, 0.1) is 0 Å². The lowest BCUT2D eigenvalue weighted by atomic mass is 10.2. The maximum absolute atomic E-state index is 10.2. The number of hydrogen-bond acceptors (Lipinski definition) is 5. The van der Waals surface area contributed by atoms with Crippen LogP contribution in [-0.4, -0.2) is 24.5 Å². The summed E-state index contributed by atoms with van der Waals surface area (Å²) in [4.78, 5) is 30.5. The van der Waals surface area contributed by atoms with Crippen LogP contribution in [-0.2, 0) is 23.9 Å². The van der Waals surface area contributed by atoms with E-state index in [9.17, 15) is 14.4 Å². The molecule has 0 unspecified atom stereocenters. The number of esters is 3. The number of hydrogen-bond donors (Lipinski definition) is 0. The molecule has 2 aliphatic heterocycles. The van der Waals surface area contributed by atoms with Gasteiger partial charge < -0.3 is 9.47 Å². The van der Waals surface area contributed by atoms with E-state index in [0.29, 0.717) is 32.3 Å². The molecule has 0 amide bonds. The molecule has 78 valence electrons. The lowest BCUT2D eigenvalue weighted by Gasteiger charge is -2.06. The number of carbonyl (C=O) groups excluding carboxylic acids is 3. The van der Waals surface area contributed by atoms with Crippen LogP contribution in [0.1, 0.15) is 32.1 Å². The van der Waals surface area contributed by atoms with Gasteiger partial charge in [-0.25, -0.2) is 0 Å². The Morgan fingerprint density at radius 2 is 1.36 bits per heavy atom. The van der Waals surface area contributed by atoms with Crippen LogP contribution in [0.3, 0.4) is 0 Å². The van der Waals surface area contributed by atoms with Crippen molar-refractivity contribution in [3.63, 3.8) is 0 Å². The van der Waals surface area contributed by atoms with Crippen LogP contribution in [0.15, 0.2) is 0 Å². The second-order valence-corrected chi connectivity index (χ2v) is 3.02. The van der Waals surface area contributed by atoms with Crippen LogP contribution in [0.25, 0.3) is 0 Å². The molecule has 2 fully saturated rings. The molecule has 0 aromatic carbocycles. The highest BCUT2D eigenvalue weighted by Crippen LogP contribution is 2.06. The van der Waals surface area contributed by atoms with Crippen LogP contribution in [0.2, 0.25) is 0 Å². The van der Waals surface area contributed by atoms with Gasteiger partial charge in [-0.2, -0.15) is 0 Å². The third-order valence-electron chi connectivity index (χ3n) is 1.78. The molecule has 0 bridgehead atoms. The van der Waals surface area contributed by atoms with Crippen molar-refractivity contribution in [2.45, 2.75) is 32.1 Å². The normalized spacial score (nSPS) is 20.7. The molecule has 2 rings (SSSR count). The first-order valence-corrected chi connectivity index (χ1v) is 4.57. The number of carbonyl (C=O) groups is 3. The van der Waals surface area contributed by atoms with Gasteiger partial charge in [0.1, 0.15) is 0 Å². The SMILES string of the molecule is O=C1CCCC(=O)O1.O=C1CCCO1. The Kier molecular flexibility index (Phi) is 4.10. The number of rotatable bonds is 0. The van der Waals surface area contributed by atoms with Gasteiger partial charge in [-0.1, -0.05) is 0 Å². The number of cyclic esters (lactones) is 3. The lowest BCUT2D eigenvalue weighted by molar-refractivity contribution is -0.163. The quantitative estimate of drug-likeness (QED) is 0.422. The van der Waals surface area contributed by atoms with Crippen molar-refractivity contribution in [2.24, 2.45) is 0 Å². The van der Waals surface area contributed by atoms with E-state index in [0.717, 1.165) is 6.42 Å². The lowest BCUT2D eigenvalue weighted by Crippen LogP contribution is -2.17. The van der Waals surface area contributed by atoms with Crippen molar-refractivity contribution in [1.29, 1.82) is 0 Å². The fourth-order valence-corrected chi connectivity index (χ4v) is 1.08. The van der Waals surface area contributed by atoms with Gasteiger partial charge in [-0.3, -0.25) is 14.4 Å². The zero-order valence-corrected chi connectivity index (χ0v) is 7.78. The van der Waals surface area contributed by atoms with Crippen LogP contribution < -0.4 is 0 Å². The molecular formula is C9H12O5. The summed E-state index contributed by atoms with van der Waals surface area (Å²) in [7, 11) is 0. The van der Waals surface area contributed by atoms with Crippen molar-refractivity contribution in [1.82, 2.24) is 0 Å². The van der Waals surface area contributed by atoms with Crippen LogP contribution in [0.5, 0.6) is 0 Å². The first-order valence-electron chi connectivity index (χ1n) is 4.57. The monoisotopic (exact) mass is 200 g/mol. The minimum Gasteiger partial charge on any atom is -0.466 e. The molecule has 0 radical (unpaired) electrons. The van der Waals surface area contributed by atoms with Crippen LogP contribution in [0.4, 0.5) is 0 Å². The first-order chi connectivity index (χ1) is 6.68. The van der Waals surface area contributed by atoms with E-state index in [1.54, 1.807) is 0 Å². The minimum atomic E-state index is -0.388. The molecule has 0 saturated carbocycles. The van der Waals surface area contributed by atoms with E-state index in [1.807, 2.05) is 0 Å². The Bertz CT molecular complexity index is 224. The van der Waals surface area contributed by atoms with Crippen molar-refractivity contribution >= 4 is 17.9 Å². The highest BCUT2D eigenvalue weighted by Gasteiger charge is 2.15. The summed E-state index contributed by atoms with van der Waals surface area (Å²) in [6, 6.07) is 0. The van der Waals surface area contributed by atoms with E-state index >= 15 is 0 Å². The molecule has 0 N–H and O–H groups in total. The predicted molar refractivity (Wildman–Crippen MR) is 45.1 cm³/mol. The molecule has 5 nitrogen and oxygen atoms in total. The summed E-state index contributed by atoms with van der Waals surface area (Å²) in [5.41, 5.74) is 0. The topological polar surface area (TPSA) is 69.7 Å². The molecule has 2 saturated heterocycles. The smallest absolute Gasteiger partial charge is 0.313 e. The van der Waals surface area contributed by atoms with Gasteiger partial charge in [0, 0.05) is 19.3 Å². The van der Waals surface area contributed by atoms with E-state index in [2.05, 4.69) is 9.47 Å². The minimum absolute atomic E-state index is 0.0463. The molecule has 2 heterocycles. The second kappa shape index (κ2) is 5.36. The largest absolute Gasteiger partial charge is 0.466 e. The third kappa shape index (κ3) is 4.02. The Morgan fingerprint density at radius 3 is 1.57 bits per heavy atom. The van der Waals surface area contributed by atoms with Gasteiger partial charge in [0.25, 0.3) is 0 Å². The van der Waals surface area contributed by atoms with E-state index in [-0.39, 0.29) is 17.9 Å². The maximum Gasteiger partial charge on any atom is 0.313 e. The van der Waals surface area contributed by atoms with Gasteiger partial charge in [0.15, 0.2) is 0 Å². The van der Waals surface area contributed by atoms with Gasteiger partial charge in [-0.15, -0.1) is 0 Å². The molecule has 0 aromatic heterocycles. The highest BCUT2D eigenvalue weighted by molar-refractivity contribution is 5.87. The Hall–Kier alpha value is -1.39. The summed E-state index contributed by atoms with van der Waals surface area (Å²) >= 11 is 0. The third-order valence-corrected chi connectivity index (χ3v) is 1.78. The average Bonchev–Trinajstić information content (AvgIpc) is 2.56. The molecular weight excluding hydrogens is 188 g/mol. The van der Waals surface area contributed by atoms with Crippen molar-refractivity contribution in [3.05, 3.63) is 0 Å². The number of ether oxygens (including phenoxy) is 2. The van der Waals surface area contributed by atoms with E-state index < -0.39 is 0 Å². The summed E-state index contributed by atoms with van der Waals surface area (Å²) in [5, 5.41) is 0. The standard InChI is InChI=1S/C5H6O3.C4H6O2/c6-4-2-1-3-5(7)8-4;5-4-2-1-3-6-4/h1-3H2;1-3H2. The molecule has 0 aliphatic carbocycles. The highest BCUT2D eigenvalue weighted by atomic mass is 16.6. The molecule has 0 aromatic rings. The summed E-state index contributed by atoms with van der Waals surface area (Å²) in [6.45, 7) is 0.638. The zero-order chi connectivity index (χ0) is 10.4. The summed E-state index contributed by atoms with van der Waals surface area (Å²) < 4.78 is 8.72. The Balaban J connectivity index is 0.000000146. The average molecular weight is 200 g/mol.